The van der Waals surface area contributed by atoms with Gasteiger partial charge in [0.15, 0.2) is 0 Å². The van der Waals surface area contributed by atoms with Gasteiger partial charge < -0.3 is 9.84 Å². The first kappa shape index (κ1) is 15.6. The van der Waals surface area contributed by atoms with E-state index < -0.39 is 0 Å². The van der Waals surface area contributed by atoms with Gasteiger partial charge in [0.1, 0.15) is 0 Å². The van der Waals surface area contributed by atoms with Crippen LogP contribution >= 0.6 is 0 Å². The first-order valence-electron chi connectivity index (χ1n) is 8.50. The Morgan fingerprint density at radius 1 is 1.20 bits per heavy atom. The van der Waals surface area contributed by atoms with Crippen molar-refractivity contribution in [3.63, 3.8) is 0 Å². The van der Waals surface area contributed by atoms with Gasteiger partial charge in [-0.05, 0) is 42.5 Å². The zero-order valence-electron chi connectivity index (χ0n) is 14.0. The van der Waals surface area contributed by atoms with Gasteiger partial charge in [-0.25, -0.2) is 0 Å². The summed E-state index contributed by atoms with van der Waals surface area (Å²) in [6, 6.07) is 15.7. The molecule has 1 amide bonds. The van der Waals surface area contributed by atoms with Gasteiger partial charge in [0.2, 0.25) is 11.7 Å². The van der Waals surface area contributed by atoms with Gasteiger partial charge in [-0.2, -0.15) is 4.98 Å². The fraction of sp³-hybridized carbons (Fsp3) is 0.250. The molecule has 0 bridgehead atoms. The van der Waals surface area contributed by atoms with Crippen LogP contribution in [0, 0.1) is 6.92 Å². The number of hydrogen-bond acceptors (Lipinski definition) is 4. The van der Waals surface area contributed by atoms with Crippen LogP contribution in [-0.2, 0) is 6.42 Å². The lowest BCUT2D eigenvalue weighted by molar-refractivity contribution is 0.0933. The number of nitrogens with one attached hydrogen (secondary N) is 1. The number of amides is 1. The Labute approximate surface area is 146 Å². The molecule has 1 aromatic heterocycles. The van der Waals surface area contributed by atoms with Gasteiger partial charge in [0, 0.05) is 18.1 Å². The van der Waals surface area contributed by atoms with E-state index in [0.717, 1.165) is 24.8 Å². The SMILES string of the molecule is Cc1nc(-c2cccc(C(=O)N[C@H]3CCCc4ccccc43)c2)no1. The normalized spacial score (nSPS) is 16.3. The number of carbonyl (C=O) groups excluding carboxylic acids is 1. The van der Waals surface area contributed by atoms with E-state index in [0.29, 0.717) is 17.3 Å². The largest absolute Gasteiger partial charge is 0.345 e. The summed E-state index contributed by atoms with van der Waals surface area (Å²) in [5, 5.41) is 7.09. The van der Waals surface area contributed by atoms with Crippen molar-refractivity contribution in [2.24, 2.45) is 0 Å². The minimum Gasteiger partial charge on any atom is -0.345 e. The number of aromatic nitrogens is 2. The van der Waals surface area contributed by atoms with E-state index in [4.69, 9.17) is 4.52 Å². The molecule has 2 aromatic carbocycles. The Morgan fingerprint density at radius 2 is 2.08 bits per heavy atom. The zero-order chi connectivity index (χ0) is 17.2. The first-order valence-corrected chi connectivity index (χ1v) is 8.50. The van der Waals surface area contributed by atoms with E-state index in [1.54, 1.807) is 19.1 Å². The van der Waals surface area contributed by atoms with Gasteiger partial charge >= 0.3 is 0 Å². The molecule has 0 spiro atoms. The van der Waals surface area contributed by atoms with Crippen molar-refractivity contribution in [1.82, 2.24) is 15.5 Å². The van der Waals surface area contributed by atoms with Crippen LogP contribution in [0.2, 0.25) is 0 Å². The summed E-state index contributed by atoms with van der Waals surface area (Å²) in [5.74, 6) is 0.919. The number of rotatable bonds is 3. The van der Waals surface area contributed by atoms with Crippen LogP contribution in [0.15, 0.2) is 53.1 Å². The quantitative estimate of drug-likeness (QED) is 0.790. The van der Waals surface area contributed by atoms with Crippen molar-refractivity contribution in [2.75, 3.05) is 0 Å². The van der Waals surface area contributed by atoms with Crippen molar-refractivity contribution in [3.05, 3.63) is 71.1 Å². The minimum absolute atomic E-state index is 0.0634. The first-order chi connectivity index (χ1) is 12.2. The maximum absolute atomic E-state index is 12.7. The molecule has 25 heavy (non-hydrogen) atoms. The minimum atomic E-state index is -0.0798. The highest BCUT2D eigenvalue weighted by Crippen LogP contribution is 2.29. The molecule has 1 atom stereocenters. The Bertz CT molecular complexity index is 917. The molecule has 0 saturated carbocycles. The van der Waals surface area contributed by atoms with E-state index in [9.17, 15) is 4.79 Å². The molecule has 0 fully saturated rings. The van der Waals surface area contributed by atoms with Crippen LogP contribution in [0.1, 0.15) is 46.3 Å². The predicted octanol–water partition coefficient (Wildman–Crippen LogP) is 3.85. The van der Waals surface area contributed by atoms with Crippen molar-refractivity contribution < 1.29 is 9.32 Å². The van der Waals surface area contributed by atoms with Crippen molar-refractivity contribution >= 4 is 5.91 Å². The van der Waals surface area contributed by atoms with E-state index >= 15 is 0 Å². The Hall–Kier alpha value is -2.95. The average molecular weight is 333 g/mol. The molecule has 0 radical (unpaired) electrons. The predicted molar refractivity (Wildman–Crippen MR) is 94.1 cm³/mol. The summed E-state index contributed by atoms with van der Waals surface area (Å²) < 4.78 is 5.02. The number of hydrogen-bond donors (Lipinski definition) is 1. The number of benzene rings is 2. The number of aryl methyl sites for hydroxylation is 2. The third-order valence-electron chi connectivity index (χ3n) is 4.59. The second kappa shape index (κ2) is 6.51. The molecule has 0 aliphatic heterocycles. The molecular weight excluding hydrogens is 314 g/mol. The third kappa shape index (κ3) is 3.18. The van der Waals surface area contributed by atoms with E-state index in [1.165, 1.54) is 11.1 Å². The molecule has 0 saturated heterocycles. The molecule has 5 nitrogen and oxygen atoms in total. The highest BCUT2D eigenvalue weighted by molar-refractivity contribution is 5.95. The topological polar surface area (TPSA) is 68.0 Å². The maximum atomic E-state index is 12.7. The molecule has 1 aliphatic carbocycles. The Balaban J connectivity index is 1.56. The van der Waals surface area contributed by atoms with Crippen LogP contribution in [0.5, 0.6) is 0 Å². The summed E-state index contributed by atoms with van der Waals surface area (Å²) in [7, 11) is 0. The van der Waals surface area contributed by atoms with Crippen LogP contribution < -0.4 is 5.32 Å². The molecule has 1 N–H and O–H groups in total. The van der Waals surface area contributed by atoms with Crippen LogP contribution in [0.25, 0.3) is 11.4 Å². The van der Waals surface area contributed by atoms with Crippen LogP contribution in [0.4, 0.5) is 0 Å². The highest BCUT2D eigenvalue weighted by Gasteiger charge is 2.22. The monoisotopic (exact) mass is 333 g/mol. The summed E-state index contributed by atoms with van der Waals surface area (Å²) in [5.41, 5.74) is 3.93. The van der Waals surface area contributed by atoms with E-state index in [-0.39, 0.29) is 11.9 Å². The maximum Gasteiger partial charge on any atom is 0.251 e. The summed E-state index contributed by atoms with van der Waals surface area (Å²) in [6.07, 6.45) is 3.13. The Morgan fingerprint density at radius 3 is 2.92 bits per heavy atom. The number of fused-ring (bicyclic) bond motifs is 1. The molecular formula is C20H19N3O2. The van der Waals surface area contributed by atoms with E-state index in [1.807, 2.05) is 18.2 Å². The molecule has 0 unspecified atom stereocenters. The lowest BCUT2D eigenvalue weighted by Gasteiger charge is -2.26. The second-order valence-corrected chi connectivity index (χ2v) is 6.33. The van der Waals surface area contributed by atoms with Crippen molar-refractivity contribution in [3.8, 4) is 11.4 Å². The lowest BCUT2D eigenvalue weighted by Crippen LogP contribution is -2.30. The standard InChI is InChI=1S/C20H19N3O2/c1-13-21-19(23-25-13)15-8-4-9-16(12-15)20(24)22-18-11-5-7-14-6-2-3-10-17(14)18/h2-4,6,8-10,12,18H,5,7,11H2,1H3,(H,22,24)/t18-/m0/s1. The highest BCUT2D eigenvalue weighted by atomic mass is 16.5. The van der Waals surface area contributed by atoms with E-state index in [2.05, 4.69) is 33.7 Å². The van der Waals surface area contributed by atoms with Gasteiger partial charge in [-0.3, -0.25) is 4.79 Å². The summed E-state index contributed by atoms with van der Waals surface area (Å²) in [4.78, 5) is 17.0. The molecule has 3 aromatic rings. The average Bonchev–Trinajstić information content (AvgIpc) is 3.09. The number of carbonyl (C=O) groups is 1. The van der Waals surface area contributed by atoms with Gasteiger partial charge in [-0.15, -0.1) is 0 Å². The lowest BCUT2D eigenvalue weighted by atomic mass is 9.87. The summed E-state index contributed by atoms with van der Waals surface area (Å²) in [6.45, 7) is 1.74. The zero-order valence-corrected chi connectivity index (χ0v) is 14.0. The van der Waals surface area contributed by atoms with Gasteiger partial charge in [-0.1, -0.05) is 41.6 Å². The van der Waals surface area contributed by atoms with Crippen molar-refractivity contribution in [2.45, 2.75) is 32.2 Å². The van der Waals surface area contributed by atoms with Gasteiger partial charge in [0.25, 0.3) is 5.91 Å². The molecule has 126 valence electrons. The summed E-state index contributed by atoms with van der Waals surface area (Å²) >= 11 is 0. The number of nitrogens with zero attached hydrogens (tertiary/aromatic N) is 2. The fourth-order valence-electron chi connectivity index (χ4n) is 3.36. The molecule has 4 rings (SSSR count). The van der Waals surface area contributed by atoms with Crippen LogP contribution in [0.3, 0.4) is 0 Å². The van der Waals surface area contributed by atoms with Crippen LogP contribution in [-0.4, -0.2) is 16.0 Å². The molecule has 1 heterocycles. The smallest absolute Gasteiger partial charge is 0.251 e. The van der Waals surface area contributed by atoms with Crippen molar-refractivity contribution in [1.29, 1.82) is 0 Å². The van der Waals surface area contributed by atoms with Gasteiger partial charge in [0.05, 0.1) is 6.04 Å². The second-order valence-electron chi connectivity index (χ2n) is 6.33. The molecule has 5 heteroatoms. The Kier molecular flexibility index (Phi) is 4.06. The fourth-order valence-corrected chi connectivity index (χ4v) is 3.36. The third-order valence-corrected chi connectivity index (χ3v) is 4.59. The molecule has 1 aliphatic rings.